The van der Waals surface area contributed by atoms with Crippen LogP contribution in [0.25, 0.3) is 5.52 Å². The van der Waals surface area contributed by atoms with E-state index in [2.05, 4.69) is 9.88 Å². The number of ether oxygens (including phenoxy) is 2. The summed E-state index contributed by atoms with van der Waals surface area (Å²) in [5.41, 5.74) is 1.43. The van der Waals surface area contributed by atoms with Crippen LogP contribution in [-0.2, 0) is 9.47 Å². The molecule has 0 spiro atoms. The van der Waals surface area contributed by atoms with Gasteiger partial charge in [0.25, 0.3) is 0 Å². The van der Waals surface area contributed by atoms with Gasteiger partial charge in [0.1, 0.15) is 6.10 Å². The monoisotopic (exact) mass is 289 g/mol. The SMILES string of the molecule is CC(CN1CCOCC1)OC(=O)c1ccn2cncc2c1. The number of esters is 1. The molecule has 0 radical (unpaired) electrons. The third-order valence-electron chi connectivity index (χ3n) is 3.58. The van der Waals surface area contributed by atoms with E-state index >= 15 is 0 Å². The average Bonchev–Trinajstić information content (AvgIpc) is 2.95. The number of morpholine rings is 1. The first-order chi connectivity index (χ1) is 10.2. The van der Waals surface area contributed by atoms with Gasteiger partial charge in [-0.15, -0.1) is 0 Å². The highest BCUT2D eigenvalue weighted by Crippen LogP contribution is 2.10. The van der Waals surface area contributed by atoms with Crippen LogP contribution in [0, 0.1) is 0 Å². The number of pyridine rings is 1. The fraction of sp³-hybridized carbons (Fsp3) is 0.467. The molecular formula is C15H19N3O3. The molecule has 0 bridgehead atoms. The van der Waals surface area contributed by atoms with Gasteiger partial charge in [-0.25, -0.2) is 9.78 Å². The van der Waals surface area contributed by atoms with E-state index in [0.29, 0.717) is 5.56 Å². The summed E-state index contributed by atoms with van der Waals surface area (Å²) in [5, 5.41) is 0. The first-order valence-corrected chi connectivity index (χ1v) is 7.15. The Bertz CT molecular complexity index is 619. The van der Waals surface area contributed by atoms with Gasteiger partial charge in [0, 0.05) is 25.8 Å². The molecule has 1 fully saturated rings. The molecule has 1 saturated heterocycles. The molecule has 1 aliphatic rings. The first-order valence-electron chi connectivity index (χ1n) is 7.15. The third kappa shape index (κ3) is 3.40. The van der Waals surface area contributed by atoms with Gasteiger partial charge < -0.3 is 13.9 Å². The van der Waals surface area contributed by atoms with Gasteiger partial charge in [0.2, 0.25) is 0 Å². The summed E-state index contributed by atoms with van der Waals surface area (Å²) in [6, 6.07) is 3.54. The zero-order valence-corrected chi connectivity index (χ0v) is 12.1. The number of carbonyl (C=O) groups is 1. The predicted molar refractivity (Wildman–Crippen MR) is 77.3 cm³/mol. The summed E-state index contributed by atoms with van der Waals surface area (Å²) in [7, 11) is 0. The number of nitrogens with zero attached hydrogens (tertiary/aromatic N) is 3. The Morgan fingerprint density at radius 3 is 3.10 bits per heavy atom. The van der Waals surface area contributed by atoms with Crippen LogP contribution >= 0.6 is 0 Å². The van der Waals surface area contributed by atoms with Gasteiger partial charge in [-0.05, 0) is 19.1 Å². The highest BCUT2D eigenvalue weighted by molar-refractivity contribution is 5.90. The maximum atomic E-state index is 12.2. The smallest absolute Gasteiger partial charge is 0.338 e. The Morgan fingerprint density at radius 2 is 2.29 bits per heavy atom. The second-order valence-electron chi connectivity index (χ2n) is 5.27. The lowest BCUT2D eigenvalue weighted by Gasteiger charge is -2.28. The number of aromatic nitrogens is 2. The summed E-state index contributed by atoms with van der Waals surface area (Å²) in [5.74, 6) is -0.292. The number of fused-ring (bicyclic) bond motifs is 1. The van der Waals surface area contributed by atoms with E-state index in [1.54, 1.807) is 24.7 Å². The quantitative estimate of drug-likeness (QED) is 0.792. The lowest BCUT2D eigenvalue weighted by atomic mass is 10.2. The molecule has 0 saturated carbocycles. The lowest BCUT2D eigenvalue weighted by molar-refractivity contribution is 0.000448. The Labute approximate surface area is 123 Å². The van der Waals surface area contributed by atoms with Crippen molar-refractivity contribution < 1.29 is 14.3 Å². The van der Waals surface area contributed by atoms with Crippen molar-refractivity contribution in [1.82, 2.24) is 14.3 Å². The van der Waals surface area contributed by atoms with Crippen LogP contribution in [0.2, 0.25) is 0 Å². The van der Waals surface area contributed by atoms with E-state index in [1.165, 1.54) is 0 Å². The van der Waals surface area contributed by atoms with E-state index in [0.717, 1.165) is 38.4 Å². The van der Waals surface area contributed by atoms with Crippen LogP contribution in [0.3, 0.4) is 0 Å². The molecule has 21 heavy (non-hydrogen) atoms. The molecule has 0 aliphatic carbocycles. The zero-order valence-electron chi connectivity index (χ0n) is 12.1. The van der Waals surface area contributed by atoms with Gasteiger partial charge in [0.05, 0.1) is 36.8 Å². The molecule has 1 atom stereocenters. The second kappa shape index (κ2) is 6.24. The predicted octanol–water partition coefficient (Wildman–Crippen LogP) is 1.21. The molecule has 1 unspecified atom stereocenters. The number of imidazole rings is 1. The standard InChI is InChI=1S/C15H19N3O3/c1-12(10-17-4-6-20-7-5-17)21-15(19)13-2-3-18-11-16-9-14(18)8-13/h2-3,8-9,11-12H,4-7,10H2,1H3. The topological polar surface area (TPSA) is 56.1 Å². The van der Waals surface area contributed by atoms with Crippen molar-refractivity contribution in [1.29, 1.82) is 0 Å². The maximum absolute atomic E-state index is 12.2. The highest BCUT2D eigenvalue weighted by Gasteiger charge is 2.17. The Balaban J connectivity index is 1.59. The van der Waals surface area contributed by atoms with Gasteiger partial charge in [-0.2, -0.15) is 0 Å². The molecular weight excluding hydrogens is 270 g/mol. The average molecular weight is 289 g/mol. The minimum Gasteiger partial charge on any atom is -0.458 e. The van der Waals surface area contributed by atoms with E-state index in [1.807, 2.05) is 17.5 Å². The number of rotatable bonds is 4. The lowest BCUT2D eigenvalue weighted by Crippen LogP contribution is -2.41. The van der Waals surface area contributed by atoms with Gasteiger partial charge >= 0.3 is 5.97 Å². The molecule has 6 heteroatoms. The number of hydrogen-bond donors (Lipinski definition) is 0. The van der Waals surface area contributed by atoms with Crippen molar-refractivity contribution in [3.05, 3.63) is 36.4 Å². The van der Waals surface area contributed by atoms with Crippen LogP contribution < -0.4 is 0 Å². The van der Waals surface area contributed by atoms with Crippen LogP contribution in [0.1, 0.15) is 17.3 Å². The fourth-order valence-electron chi connectivity index (χ4n) is 2.48. The Kier molecular flexibility index (Phi) is 4.17. The minimum atomic E-state index is -0.292. The van der Waals surface area contributed by atoms with Crippen LogP contribution in [0.4, 0.5) is 0 Å². The fourth-order valence-corrected chi connectivity index (χ4v) is 2.48. The van der Waals surface area contributed by atoms with Crippen molar-refractivity contribution in [2.75, 3.05) is 32.8 Å². The maximum Gasteiger partial charge on any atom is 0.338 e. The van der Waals surface area contributed by atoms with Crippen molar-refractivity contribution in [2.45, 2.75) is 13.0 Å². The normalized spacial score (nSPS) is 17.8. The summed E-state index contributed by atoms with van der Waals surface area (Å²) < 4.78 is 12.7. The Hall–Kier alpha value is -1.92. The van der Waals surface area contributed by atoms with E-state index in [-0.39, 0.29) is 12.1 Å². The second-order valence-corrected chi connectivity index (χ2v) is 5.27. The van der Waals surface area contributed by atoms with E-state index < -0.39 is 0 Å². The van der Waals surface area contributed by atoms with Crippen molar-refractivity contribution in [3.8, 4) is 0 Å². The molecule has 6 nitrogen and oxygen atoms in total. The van der Waals surface area contributed by atoms with Crippen molar-refractivity contribution in [2.24, 2.45) is 0 Å². The van der Waals surface area contributed by atoms with Crippen LogP contribution in [0.5, 0.6) is 0 Å². The van der Waals surface area contributed by atoms with Crippen molar-refractivity contribution in [3.63, 3.8) is 0 Å². The largest absolute Gasteiger partial charge is 0.458 e. The minimum absolute atomic E-state index is 0.142. The summed E-state index contributed by atoms with van der Waals surface area (Å²) in [6.07, 6.45) is 5.09. The molecule has 1 aliphatic heterocycles. The molecule has 3 rings (SSSR count). The molecule has 0 aromatic carbocycles. The number of hydrogen-bond acceptors (Lipinski definition) is 5. The summed E-state index contributed by atoms with van der Waals surface area (Å²) in [4.78, 5) is 18.5. The van der Waals surface area contributed by atoms with Gasteiger partial charge in [-0.1, -0.05) is 0 Å². The number of carbonyl (C=O) groups excluding carboxylic acids is 1. The summed E-state index contributed by atoms with van der Waals surface area (Å²) in [6.45, 7) is 5.94. The molecule has 2 aromatic rings. The third-order valence-corrected chi connectivity index (χ3v) is 3.58. The van der Waals surface area contributed by atoms with E-state index in [4.69, 9.17) is 9.47 Å². The molecule has 0 N–H and O–H groups in total. The van der Waals surface area contributed by atoms with Gasteiger partial charge in [0.15, 0.2) is 0 Å². The van der Waals surface area contributed by atoms with Crippen molar-refractivity contribution >= 4 is 11.5 Å². The zero-order chi connectivity index (χ0) is 14.7. The molecule has 0 amide bonds. The molecule has 2 aromatic heterocycles. The van der Waals surface area contributed by atoms with Crippen LogP contribution in [-0.4, -0.2) is 59.2 Å². The van der Waals surface area contributed by atoms with E-state index in [9.17, 15) is 4.79 Å². The first kappa shape index (κ1) is 14.0. The molecule has 3 heterocycles. The summed E-state index contributed by atoms with van der Waals surface area (Å²) >= 11 is 0. The van der Waals surface area contributed by atoms with Crippen LogP contribution in [0.15, 0.2) is 30.9 Å². The molecule has 112 valence electrons. The Morgan fingerprint density at radius 1 is 1.48 bits per heavy atom. The highest BCUT2D eigenvalue weighted by atomic mass is 16.5. The van der Waals surface area contributed by atoms with Gasteiger partial charge in [-0.3, -0.25) is 4.90 Å².